The maximum atomic E-state index is 10.6. The molecule has 1 aliphatic carbocycles. The van der Waals surface area contributed by atoms with Crippen LogP contribution in [-0.2, 0) is 11.8 Å². The number of rotatable bonds is 2. The fourth-order valence-electron chi connectivity index (χ4n) is 6.21. The van der Waals surface area contributed by atoms with Crippen LogP contribution in [0.15, 0.2) is 24.3 Å². The zero-order valence-corrected chi connectivity index (χ0v) is 13.9. The van der Waals surface area contributed by atoms with Gasteiger partial charge >= 0.3 is 0 Å². The Morgan fingerprint density at radius 1 is 1.35 bits per heavy atom. The third-order valence-corrected chi connectivity index (χ3v) is 6.95. The average molecular weight is 310 g/mol. The number of piperidine rings is 2. The predicted octanol–water partition coefficient (Wildman–Crippen LogP) is 3.07. The van der Waals surface area contributed by atoms with Crippen molar-refractivity contribution in [1.29, 1.82) is 0 Å². The zero-order chi connectivity index (χ0) is 15.6. The van der Waals surface area contributed by atoms with Crippen LogP contribution in [0.3, 0.4) is 0 Å². The van der Waals surface area contributed by atoms with Crippen molar-refractivity contribution in [3.05, 3.63) is 35.5 Å². The quantitative estimate of drug-likeness (QED) is 0.895. The Morgan fingerprint density at radius 3 is 3.04 bits per heavy atom. The topological polar surface area (TPSA) is 39.3 Å². The van der Waals surface area contributed by atoms with E-state index in [4.69, 9.17) is 0 Å². The first-order valence-corrected chi connectivity index (χ1v) is 9.22. The van der Waals surface area contributed by atoms with E-state index >= 15 is 0 Å². The Hall–Kier alpha value is -1.32. The summed E-state index contributed by atoms with van der Waals surface area (Å²) in [6, 6.07) is 9.19. The average Bonchev–Trinajstić information content (AvgIpc) is 2.94. The minimum Gasteiger partial charge on any atom is -0.395 e. The molecule has 122 valence electrons. The van der Waals surface area contributed by atoms with Crippen LogP contribution in [0, 0.1) is 11.8 Å². The highest BCUT2D eigenvalue weighted by atomic mass is 16.3. The third-order valence-electron chi connectivity index (χ3n) is 6.95. The fourth-order valence-corrected chi connectivity index (χ4v) is 6.21. The number of aromatic amines is 1. The number of H-pyrrole nitrogens is 1. The molecule has 2 N–H and O–H groups in total. The maximum absolute atomic E-state index is 10.6. The van der Waals surface area contributed by atoms with Crippen LogP contribution in [0.4, 0.5) is 0 Å². The number of nitrogens with one attached hydrogen (secondary N) is 1. The van der Waals surface area contributed by atoms with Crippen molar-refractivity contribution < 1.29 is 5.11 Å². The Balaban J connectivity index is 1.77. The highest BCUT2D eigenvalue weighted by Gasteiger charge is 2.57. The number of fused-ring (bicyclic) bond motifs is 4. The standard InChI is InChI=1S/C20H26N2O/c1-2-14-9-13-10-20(12-23)18-16(7-8-22(11-13)19(14)20)15-5-3-4-6-17(15)21-18/h3-6,13-14,19,21,23H,2,7-12H2,1H3. The van der Waals surface area contributed by atoms with E-state index in [2.05, 4.69) is 41.1 Å². The van der Waals surface area contributed by atoms with Gasteiger partial charge in [-0.25, -0.2) is 0 Å². The molecule has 0 radical (unpaired) electrons. The molecular formula is C20H26N2O. The number of hydrogen-bond donors (Lipinski definition) is 2. The maximum Gasteiger partial charge on any atom is 0.0557 e. The van der Waals surface area contributed by atoms with Crippen molar-refractivity contribution in [2.75, 3.05) is 19.7 Å². The number of aromatic nitrogens is 1. The normalized spacial score (nSPS) is 38.5. The molecule has 3 heteroatoms. The van der Waals surface area contributed by atoms with Gasteiger partial charge in [0, 0.05) is 41.1 Å². The molecule has 1 aromatic heterocycles. The lowest BCUT2D eigenvalue weighted by Crippen LogP contribution is -2.65. The van der Waals surface area contributed by atoms with Crippen LogP contribution < -0.4 is 0 Å². The molecule has 0 amide bonds. The van der Waals surface area contributed by atoms with Gasteiger partial charge in [0.05, 0.1) is 6.61 Å². The summed E-state index contributed by atoms with van der Waals surface area (Å²) < 4.78 is 0. The molecule has 5 unspecified atom stereocenters. The van der Waals surface area contributed by atoms with E-state index in [9.17, 15) is 5.11 Å². The minimum atomic E-state index is -0.0767. The highest BCUT2D eigenvalue weighted by molar-refractivity contribution is 5.85. The Morgan fingerprint density at radius 2 is 2.22 bits per heavy atom. The largest absolute Gasteiger partial charge is 0.395 e. The molecule has 3 nitrogen and oxygen atoms in total. The van der Waals surface area contributed by atoms with Gasteiger partial charge < -0.3 is 10.1 Å². The molecule has 1 aromatic carbocycles. The van der Waals surface area contributed by atoms with Crippen LogP contribution in [0.5, 0.6) is 0 Å². The first kappa shape index (κ1) is 14.1. The molecule has 4 bridgehead atoms. The lowest BCUT2D eigenvalue weighted by molar-refractivity contribution is -0.0775. The van der Waals surface area contributed by atoms with E-state index in [0.717, 1.165) is 31.2 Å². The lowest BCUT2D eigenvalue weighted by Gasteiger charge is -2.59. The summed E-state index contributed by atoms with van der Waals surface area (Å²) in [5.41, 5.74) is 4.00. The van der Waals surface area contributed by atoms with Gasteiger partial charge in [-0.2, -0.15) is 0 Å². The molecule has 1 saturated carbocycles. The fraction of sp³-hybridized carbons (Fsp3) is 0.600. The summed E-state index contributed by atoms with van der Waals surface area (Å²) in [6.07, 6.45) is 4.85. The van der Waals surface area contributed by atoms with Gasteiger partial charge in [-0.05, 0) is 42.7 Å². The van der Waals surface area contributed by atoms with Crippen LogP contribution >= 0.6 is 0 Å². The van der Waals surface area contributed by atoms with E-state index in [1.54, 1.807) is 0 Å². The van der Waals surface area contributed by atoms with Gasteiger partial charge in [0.25, 0.3) is 0 Å². The molecule has 2 saturated heterocycles. The summed E-state index contributed by atoms with van der Waals surface area (Å²) in [4.78, 5) is 6.46. The van der Waals surface area contributed by atoms with Crippen LogP contribution in [-0.4, -0.2) is 40.7 Å². The summed E-state index contributed by atoms with van der Waals surface area (Å²) >= 11 is 0. The van der Waals surface area contributed by atoms with Gasteiger partial charge in [-0.1, -0.05) is 31.5 Å². The molecule has 2 aromatic rings. The SMILES string of the molecule is CCC1CC2CN3CCc4c([nH]c5ccccc45)C(CO)(C2)C13. The summed E-state index contributed by atoms with van der Waals surface area (Å²) in [5.74, 6) is 1.47. The zero-order valence-electron chi connectivity index (χ0n) is 13.9. The monoisotopic (exact) mass is 310 g/mol. The van der Waals surface area contributed by atoms with Gasteiger partial charge in [-0.3, -0.25) is 4.90 Å². The number of hydrogen-bond acceptors (Lipinski definition) is 2. The molecule has 5 atom stereocenters. The number of para-hydroxylation sites is 1. The van der Waals surface area contributed by atoms with E-state index in [0.29, 0.717) is 6.04 Å². The molecule has 3 aliphatic heterocycles. The van der Waals surface area contributed by atoms with Gasteiger partial charge in [0.2, 0.25) is 0 Å². The second-order valence-corrected chi connectivity index (χ2v) is 8.00. The van der Waals surface area contributed by atoms with Crippen molar-refractivity contribution in [3.8, 4) is 0 Å². The number of aliphatic hydroxyl groups excluding tert-OH is 1. The first-order chi connectivity index (χ1) is 11.3. The molecular weight excluding hydrogens is 284 g/mol. The smallest absolute Gasteiger partial charge is 0.0557 e. The molecule has 4 heterocycles. The van der Waals surface area contributed by atoms with Crippen molar-refractivity contribution in [2.45, 2.75) is 44.1 Å². The molecule has 4 aliphatic rings. The van der Waals surface area contributed by atoms with Gasteiger partial charge in [0.1, 0.15) is 0 Å². The van der Waals surface area contributed by atoms with Crippen LogP contribution in [0.25, 0.3) is 10.9 Å². The molecule has 23 heavy (non-hydrogen) atoms. The van der Waals surface area contributed by atoms with Gasteiger partial charge in [-0.15, -0.1) is 0 Å². The molecule has 6 rings (SSSR count). The Labute approximate surface area is 137 Å². The van der Waals surface area contributed by atoms with Crippen molar-refractivity contribution >= 4 is 10.9 Å². The van der Waals surface area contributed by atoms with E-state index in [-0.39, 0.29) is 12.0 Å². The van der Waals surface area contributed by atoms with Gasteiger partial charge in [0.15, 0.2) is 0 Å². The van der Waals surface area contributed by atoms with Crippen LogP contribution in [0.2, 0.25) is 0 Å². The van der Waals surface area contributed by atoms with E-state index in [1.165, 1.54) is 41.5 Å². The molecule has 0 spiro atoms. The van der Waals surface area contributed by atoms with Crippen molar-refractivity contribution in [1.82, 2.24) is 9.88 Å². The number of benzene rings is 1. The predicted molar refractivity (Wildman–Crippen MR) is 92.6 cm³/mol. The first-order valence-electron chi connectivity index (χ1n) is 9.22. The number of nitrogens with zero attached hydrogens (tertiary/aromatic N) is 1. The second kappa shape index (κ2) is 4.84. The summed E-state index contributed by atoms with van der Waals surface area (Å²) in [7, 11) is 0. The third kappa shape index (κ3) is 1.72. The minimum absolute atomic E-state index is 0.0767. The lowest BCUT2D eigenvalue weighted by atomic mass is 9.57. The summed E-state index contributed by atoms with van der Waals surface area (Å²) in [5, 5.41) is 11.9. The summed E-state index contributed by atoms with van der Waals surface area (Å²) in [6.45, 7) is 5.00. The Bertz CT molecular complexity index is 751. The second-order valence-electron chi connectivity index (χ2n) is 8.00. The Kier molecular flexibility index (Phi) is 2.96. The van der Waals surface area contributed by atoms with E-state index in [1.807, 2.05) is 0 Å². The van der Waals surface area contributed by atoms with Crippen molar-refractivity contribution in [3.63, 3.8) is 0 Å². The highest BCUT2D eigenvalue weighted by Crippen LogP contribution is 2.54. The van der Waals surface area contributed by atoms with Crippen LogP contribution in [0.1, 0.15) is 37.4 Å². The number of aliphatic hydroxyl groups is 1. The molecule has 3 fully saturated rings. The van der Waals surface area contributed by atoms with Crippen molar-refractivity contribution in [2.24, 2.45) is 11.8 Å². The van der Waals surface area contributed by atoms with E-state index < -0.39 is 0 Å².